The topological polar surface area (TPSA) is 28.4 Å². The number of nitrogens with zero attached hydrogens (tertiary/aromatic N) is 1. The van der Waals surface area contributed by atoms with Crippen molar-refractivity contribution in [3.05, 3.63) is 23.7 Å². The van der Waals surface area contributed by atoms with Gasteiger partial charge < -0.3 is 9.73 Å². The first-order chi connectivity index (χ1) is 9.31. The summed E-state index contributed by atoms with van der Waals surface area (Å²) >= 11 is 2.11. The van der Waals surface area contributed by atoms with Crippen molar-refractivity contribution in [2.75, 3.05) is 25.4 Å². The van der Waals surface area contributed by atoms with E-state index < -0.39 is 0 Å². The molecule has 0 spiro atoms. The SMILES string of the molecule is CCCNCc1coc(CN2CCSC(CC)C2)c1. The van der Waals surface area contributed by atoms with E-state index in [0.29, 0.717) is 0 Å². The van der Waals surface area contributed by atoms with Crippen LogP contribution in [-0.2, 0) is 13.1 Å². The Kier molecular flexibility index (Phi) is 6.28. The smallest absolute Gasteiger partial charge is 0.118 e. The van der Waals surface area contributed by atoms with Gasteiger partial charge in [0.1, 0.15) is 5.76 Å². The van der Waals surface area contributed by atoms with E-state index in [-0.39, 0.29) is 0 Å². The van der Waals surface area contributed by atoms with Crippen LogP contribution >= 0.6 is 11.8 Å². The van der Waals surface area contributed by atoms with E-state index in [1.54, 1.807) is 0 Å². The van der Waals surface area contributed by atoms with Gasteiger partial charge in [0.15, 0.2) is 0 Å². The van der Waals surface area contributed by atoms with Gasteiger partial charge in [0, 0.05) is 36.2 Å². The minimum Gasteiger partial charge on any atom is -0.468 e. The maximum absolute atomic E-state index is 5.68. The molecule has 108 valence electrons. The Bertz CT molecular complexity index is 367. The van der Waals surface area contributed by atoms with Crippen molar-refractivity contribution in [3.63, 3.8) is 0 Å². The van der Waals surface area contributed by atoms with Crippen molar-refractivity contribution in [2.45, 2.75) is 45.0 Å². The number of thioether (sulfide) groups is 1. The summed E-state index contributed by atoms with van der Waals surface area (Å²) in [6, 6.07) is 2.20. The third-order valence-corrected chi connectivity index (χ3v) is 4.89. The first-order valence-corrected chi connectivity index (χ1v) is 8.47. The lowest BCUT2D eigenvalue weighted by atomic mass is 10.2. The van der Waals surface area contributed by atoms with Gasteiger partial charge in [-0.25, -0.2) is 0 Å². The fraction of sp³-hybridized carbons (Fsp3) is 0.733. The number of hydrogen-bond donors (Lipinski definition) is 1. The van der Waals surface area contributed by atoms with Crippen LogP contribution in [0.2, 0.25) is 0 Å². The largest absolute Gasteiger partial charge is 0.468 e. The average molecular weight is 282 g/mol. The monoisotopic (exact) mass is 282 g/mol. The lowest BCUT2D eigenvalue weighted by molar-refractivity contribution is 0.250. The van der Waals surface area contributed by atoms with E-state index in [2.05, 4.69) is 41.9 Å². The standard InChI is InChI=1S/C15H26N2OS/c1-3-5-16-9-13-8-14(18-12-13)10-17-6-7-19-15(4-2)11-17/h8,12,15-16H,3-7,9-11H2,1-2H3. The molecule has 1 unspecified atom stereocenters. The van der Waals surface area contributed by atoms with Crippen LogP contribution in [0.5, 0.6) is 0 Å². The Morgan fingerprint density at radius 3 is 3.16 bits per heavy atom. The number of hydrogen-bond acceptors (Lipinski definition) is 4. The summed E-state index contributed by atoms with van der Waals surface area (Å²) in [5.41, 5.74) is 1.27. The Labute approximate surface area is 121 Å². The van der Waals surface area contributed by atoms with E-state index in [1.165, 1.54) is 37.2 Å². The molecule has 0 bridgehead atoms. The minimum atomic E-state index is 0.800. The molecule has 0 aliphatic carbocycles. The van der Waals surface area contributed by atoms with Crippen LogP contribution < -0.4 is 5.32 Å². The van der Waals surface area contributed by atoms with Crippen LogP contribution in [0, 0.1) is 0 Å². The average Bonchev–Trinajstić information content (AvgIpc) is 2.87. The van der Waals surface area contributed by atoms with E-state index in [9.17, 15) is 0 Å². The van der Waals surface area contributed by atoms with Crippen LogP contribution in [0.25, 0.3) is 0 Å². The molecule has 1 fully saturated rings. The van der Waals surface area contributed by atoms with Gasteiger partial charge in [0.05, 0.1) is 12.8 Å². The van der Waals surface area contributed by atoms with Crippen molar-refractivity contribution < 1.29 is 4.42 Å². The highest BCUT2D eigenvalue weighted by Gasteiger charge is 2.19. The second-order valence-electron chi connectivity index (χ2n) is 5.23. The van der Waals surface area contributed by atoms with Crippen molar-refractivity contribution in [1.82, 2.24) is 10.2 Å². The molecule has 19 heavy (non-hydrogen) atoms. The molecule has 1 aromatic heterocycles. The van der Waals surface area contributed by atoms with Crippen LogP contribution in [0.3, 0.4) is 0 Å². The van der Waals surface area contributed by atoms with Crippen molar-refractivity contribution in [3.8, 4) is 0 Å². The van der Waals surface area contributed by atoms with Gasteiger partial charge in [-0.1, -0.05) is 13.8 Å². The maximum atomic E-state index is 5.68. The summed E-state index contributed by atoms with van der Waals surface area (Å²) in [7, 11) is 0. The second-order valence-corrected chi connectivity index (χ2v) is 6.64. The summed E-state index contributed by atoms with van der Waals surface area (Å²) in [4.78, 5) is 2.52. The Morgan fingerprint density at radius 2 is 2.37 bits per heavy atom. The molecule has 2 heterocycles. The Hall–Kier alpha value is -0.450. The van der Waals surface area contributed by atoms with E-state index in [4.69, 9.17) is 4.42 Å². The quantitative estimate of drug-likeness (QED) is 0.778. The van der Waals surface area contributed by atoms with Gasteiger partial charge in [-0.2, -0.15) is 11.8 Å². The molecular weight excluding hydrogens is 256 g/mol. The summed E-state index contributed by atoms with van der Waals surface area (Å²) < 4.78 is 5.68. The van der Waals surface area contributed by atoms with Gasteiger partial charge in [-0.05, 0) is 25.5 Å². The predicted molar refractivity (Wildman–Crippen MR) is 82.5 cm³/mol. The normalized spacial score (nSPS) is 20.8. The van der Waals surface area contributed by atoms with Gasteiger partial charge in [-0.15, -0.1) is 0 Å². The molecule has 1 saturated heterocycles. The summed E-state index contributed by atoms with van der Waals surface area (Å²) in [6.07, 6.45) is 4.34. The zero-order chi connectivity index (χ0) is 13.5. The van der Waals surface area contributed by atoms with Crippen molar-refractivity contribution >= 4 is 11.8 Å². The molecule has 1 aromatic rings. The third-order valence-electron chi connectivity index (χ3n) is 3.52. The highest BCUT2D eigenvalue weighted by atomic mass is 32.2. The lowest BCUT2D eigenvalue weighted by Crippen LogP contribution is -2.36. The van der Waals surface area contributed by atoms with E-state index >= 15 is 0 Å². The molecule has 2 rings (SSSR count). The first-order valence-electron chi connectivity index (χ1n) is 7.42. The zero-order valence-electron chi connectivity index (χ0n) is 12.2. The van der Waals surface area contributed by atoms with E-state index in [1.807, 2.05) is 6.26 Å². The second kappa shape index (κ2) is 7.98. The van der Waals surface area contributed by atoms with Crippen LogP contribution in [0.4, 0.5) is 0 Å². The van der Waals surface area contributed by atoms with E-state index in [0.717, 1.165) is 30.6 Å². The van der Waals surface area contributed by atoms with Gasteiger partial charge in [0.2, 0.25) is 0 Å². The van der Waals surface area contributed by atoms with Gasteiger partial charge >= 0.3 is 0 Å². The Balaban J connectivity index is 1.78. The minimum absolute atomic E-state index is 0.800. The molecule has 0 aromatic carbocycles. The van der Waals surface area contributed by atoms with Crippen LogP contribution in [-0.4, -0.2) is 35.5 Å². The molecule has 0 amide bonds. The van der Waals surface area contributed by atoms with Crippen LogP contribution in [0.1, 0.15) is 38.0 Å². The molecule has 0 saturated carbocycles. The lowest BCUT2D eigenvalue weighted by Gasteiger charge is -2.31. The molecule has 3 nitrogen and oxygen atoms in total. The number of rotatable bonds is 7. The Morgan fingerprint density at radius 1 is 1.47 bits per heavy atom. The highest BCUT2D eigenvalue weighted by Crippen LogP contribution is 2.22. The molecule has 1 aliphatic rings. The molecule has 0 radical (unpaired) electrons. The highest BCUT2D eigenvalue weighted by molar-refractivity contribution is 8.00. The fourth-order valence-electron chi connectivity index (χ4n) is 2.40. The van der Waals surface area contributed by atoms with Crippen molar-refractivity contribution in [1.29, 1.82) is 0 Å². The first kappa shape index (κ1) is 14.9. The molecule has 4 heteroatoms. The molecular formula is C15H26N2OS. The molecule has 1 N–H and O–H groups in total. The number of nitrogens with one attached hydrogen (secondary N) is 1. The molecule has 1 aliphatic heterocycles. The number of furan rings is 1. The summed E-state index contributed by atoms with van der Waals surface area (Å²) in [6.45, 7) is 9.81. The van der Waals surface area contributed by atoms with Crippen LogP contribution in [0.15, 0.2) is 16.7 Å². The summed E-state index contributed by atoms with van der Waals surface area (Å²) in [5, 5.41) is 4.21. The zero-order valence-corrected chi connectivity index (χ0v) is 13.0. The third kappa shape index (κ3) is 4.86. The van der Waals surface area contributed by atoms with Crippen molar-refractivity contribution in [2.24, 2.45) is 0 Å². The maximum Gasteiger partial charge on any atom is 0.118 e. The van der Waals surface area contributed by atoms with Gasteiger partial charge in [-0.3, -0.25) is 4.90 Å². The fourth-order valence-corrected chi connectivity index (χ4v) is 3.65. The van der Waals surface area contributed by atoms with Gasteiger partial charge in [0.25, 0.3) is 0 Å². The predicted octanol–water partition coefficient (Wildman–Crippen LogP) is 3.11. The summed E-state index contributed by atoms with van der Waals surface area (Å²) in [5.74, 6) is 2.36. The molecule has 1 atom stereocenters.